The third kappa shape index (κ3) is 4.16. The van der Waals surface area contributed by atoms with Crippen molar-refractivity contribution in [2.45, 2.75) is 45.3 Å². The number of rotatable bonds is 4. The van der Waals surface area contributed by atoms with Crippen molar-refractivity contribution >= 4 is 11.9 Å². The first-order valence-electron chi connectivity index (χ1n) is 7.30. The van der Waals surface area contributed by atoms with E-state index in [1.807, 2.05) is 0 Å². The van der Waals surface area contributed by atoms with E-state index in [0.29, 0.717) is 19.0 Å². The van der Waals surface area contributed by atoms with Crippen LogP contribution in [0.2, 0.25) is 0 Å². The number of amides is 1. The number of aromatic nitrogens is 2. The highest BCUT2D eigenvalue weighted by Crippen LogP contribution is 2.21. The van der Waals surface area contributed by atoms with E-state index in [-0.39, 0.29) is 12.0 Å². The highest BCUT2D eigenvalue weighted by atomic mass is 16.6. The molecule has 7 heteroatoms. The lowest BCUT2D eigenvalue weighted by Gasteiger charge is -2.36. The Morgan fingerprint density at radius 3 is 2.82 bits per heavy atom. The molecule has 1 aromatic rings. The first kappa shape index (κ1) is 16.2. The highest BCUT2D eigenvalue weighted by Gasteiger charge is 2.37. The molecule has 120 valence electrons. The Kier molecular flexibility index (Phi) is 4.95. The minimum Gasteiger partial charge on any atom is -0.472 e. The number of carbonyl (C=O) groups excluding carboxylic acids is 2. The Bertz CT molecular complexity index is 533. The fourth-order valence-corrected chi connectivity index (χ4v) is 2.52. The minimum absolute atomic E-state index is 0.124. The third-order valence-corrected chi connectivity index (χ3v) is 3.42. The monoisotopic (exact) mass is 307 g/mol. The maximum absolute atomic E-state index is 12.5. The lowest BCUT2D eigenvalue weighted by atomic mass is 10.0. The topological polar surface area (TPSA) is 81.6 Å². The van der Waals surface area contributed by atoms with Gasteiger partial charge in [0.1, 0.15) is 12.4 Å². The zero-order chi connectivity index (χ0) is 16.2. The molecule has 2 heterocycles. The van der Waals surface area contributed by atoms with E-state index in [9.17, 15) is 9.59 Å². The Labute approximate surface area is 129 Å². The van der Waals surface area contributed by atoms with Crippen LogP contribution in [0, 0.1) is 0 Å². The van der Waals surface area contributed by atoms with Gasteiger partial charge in [-0.25, -0.2) is 9.97 Å². The zero-order valence-corrected chi connectivity index (χ0v) is 13.1. The molecule has 0 aliphatic carbocycles. The molecule has 7 nitrogen and oxygen atoms in total. The fourth-order valence-electron chi connectivity index (χ4n) is 2.52. The van der Waals surface area contributed by atoms with Gasteiger partial charge in [0.2, 0.25) is 5.88 Å². The van der Waals surface area contributed by atoms with E-state index in [1.54, 1.807) is 31.0 Å². The molecular formula is C15H21N3O4. The van der Waals surface area contributed by atoms with Crippen LogP contribution in [0.15, 0.2) is 18.6 Å². The van der Waals surface area contributed by atoms with E-state index in [1.165, 1.54) is 13.3 Å². The Balaban J connectivity index is 1.98. The van der Waals surface area contributed by atoms with Crippen molar-refractivity contribution in [3.05, 3.63) is 18.6 Å². The lowest BCUT2D eigenvalue weighted by Crippen LogP contribution is -2.53. The van der Waals surface area contributed by atoms with E-state index in [2.05, 4.69) is 9.97 Å². The quantitative estimate of drug-likeness (QED) is 0.777. The first-order valence-corrected chi connectivity index (χ1v) is 7.30. The molecule has 1 unspecified atom stereocenters. The molecular weight excluding hydrogens is 286 g/mol. The maximum Gasteiger partial charge on any atom is 0.303 e. The number of hydrogen-bond acceptors (Lipinski definition) is 6. The Morgan fingerprint density at radius 1 is 1.41 bits per heavy atom. The van der Waals surface area contributed by atoms with Crippen LogP contribution in [0.1, 0.15) is 33.6 Å². The molecule has 1 saturated heterocycles. The third-order valence-electron chi connectivity index (χ3n) is 3.42. The lowest BCUT2D eigenvalue weighted by molar-refractivity contribution is -0.169. The van der Waals surface area contributed by atoms with Gasteiger partial charge in [-0.2, -0.15) is 0 Å². The van der Waals surface area contributed by atoms with Crippen molar-refractivity contribution < 1.29 is 19.1 Å². The molecule has 0 aromatic carbocycles. The van der Waals surface area contributed by atoms with Gasteiger partial charge >= 0.3 is 5.97 Å². The summed E-state index contributed by atoms with van der Waals surface area (Å²) in [4.78, 5) is 33.2. The molecule has 0 saturated carbocycles. The molecule has 1 fully saturated rings. The molecule has 0 radical (unpaired) electrons. The summed E-state index contributed by atoms with van der Waals surface area (Å²) >= 11 is 0. The summed E-state index contributed by atoms with van der Waals surface area (Å²) in [6.07, 6.45) is 4.59. The van der Waals surface area contributed by atoms with Crippen LogP contribution in [-0.2, 0) is 14.3 Å². The summed E-state index contributed by atoms with van der Waals surface area (Å²) in [5.74, 6) is -0.184. The van der Waals surface area contributed by atoms with Gasteiger partial charge in [0, 0.05) is 25.7 Å². The number of hydrogen-bond donors (Lipinski definition) is 0. The SMILES string of the molecule is CC(=O)OC(C)(C)C(=O)N1CCCC(Oc2ccncn2)C1. The Hall–Kier alpha value is -2.18. The van der Waals surface area contributed by atoms with Crippen molar-refractivity contribution in [1.29, 1.82) is 0 Å². The molecule has 1 aliphatic heterocycles. The van der Waals surface area contributed by atoms with E-state index in [4.69, 9.17) is 9.47 Å². The minimum atomic E-state index is -1.16. The largest absolute Gasteiger partial charge is 0.472 e. The van der Waals surface area contributed by atoms with Crippen LogP contribution in [0.3, 0.4) is 0 Å². The number of likely N-dealkylation sites (tertiary alicyclic amines) is 1. The van der Waals surface area contributed by atoms with Crippen molar-refractivity contribution in [3.8, 4) is 5.88 Å². The van der Waals surface area contributed by atoms with Gasteiger partial charge in [0.25, 0.3) is 5.91 Å². The summed E-state index contributed by atoms with van der Waals surface area (Å²) in [5.41, 5.74) is -1.16. The Morgan fingerprint density at radius 2 is 2.18 bits per heavy atom. The number of carbonyl (C=O) groups is 2. The van der Waals surface area contributed by atoms with Crippen LogP contribution < -0.4 is 4.74 Å². The van der Waals surface area contributed by atoms with Gasteiger partial charge in [-0.05, 0) is 26.7 Å². The van der Waals surface area contributed by atoms with Crippen LogP contribution >= 0.6 is 0 Å². The number of ether oxygens (including phenoxy) is 2. The number of esters is 1. The molecule has 22 heavy (non-hydrogen) atoms. The molecule has 1 atom stereocenters. The second kappa shape index (κ2) is 6.72. The summed E-state index contributed by atoms with van der Waals surface area (Å²) in [6, 6.07) is 1.68. The zero-order valence-electron chi connectivity index (χ0n) is 13.1. The first-order chi connectivity index (χ1) is 10.4. The maximum atomic E-state index is 12.5. The fraction of sp³-hybridized carbons (Fsp3) is 0.600. The van der Waals surface area contributed by atoms with Crippen LogP contribution in [0.4, 0.5) is 0 Å². The highest BCUT2D eigenvalue weighted by molar-refractivity contribution is 5.86. The molecule has 0 N–H and O–H groups in total. The van der Waals surface area contributed by atoms with E-state index >= 15 is 0 Å². The number of piperidine rings is 1. The van der Waals surface area contributed by atoms with Crippen LogP contribution in [0.5, 0.6) is 5.88 Å². The summed E-state index contributed by atoms with van der Waals surface area (Å²) < 4.78 is 10.9. The van der Waals surface area contributed by atoms with Gasteiger partial charge in [-0.15, -0.1) is 0 Å². The second-order valence-electron chi connectivity index (χ2n) is 5.78. The predicted molar refractivity (Wildman–Crippen MR) is 78.1 cm³/mol. The van der Waals surface area contributed by atoms with Crippen molar-refractivity contribution in [2.75, 3.05) is 13.1 Å². The van der Waals surface area contributed by atoms with Gasteiger partial charge in [-0.1, -0.05) is 0 Å². The van der Waals surface area contributed by atoms with Crippen LogP contribution in [0.25, 0.3) is 0 Å². The predicted octanol–water partition coefficient (Wildman–Crippen LogP) is 1.19. The summed E-state index contributed by atoms with van der Waals surface area (Å²) in [6.45, 7) is 5.59. The van der Waals surface area contributed by atoms with Gasteiger partial charge in [0.05, 0.1) is 6.54 Å². The summed E-state index contributed by atoms with van der Waals surface area (Å²) in [7, 11) is 0. The molecule has 0 bridgehead atoms. The molecule has 0 spiro atoms. The van der Waals surface area contributed by atoms with Gasteiger partial charge in [0.15, 0.2) is 5.60 Å². The molecule has 1 amide bonds. The molecule has 1 aliphatic rings. The molecule has 1 aromatic heterocycles. The van der Waals surface area contributed by atoms with Crippen molar-refractivity contribution in [3.63, 3.8) is 0 Å². The second-order valence-corrected chi connectivity index (χ2v) is 5.78. The van der Waals surface area contributed by atoms with E-state index < -0.39 is 11.6 Å². The average Bonchev–Trinajstić information content (AvgIpc) is 2.46. The average molecular weight is 307 g/mol. The number of nitrogens with zero attached hydrogens (tertiary/aromatic N) is 3. The van der Waals surface area contributed by atoms with Crippen LogP contribution in [-0.4, -0.2) is 51.5 Å². The van der Waals surface area contributed by atoms with Gasteiger partial charge in [-0.3, -0.25) is 9.59 Å². The normalized spacial score (nSPS) is 18.7. The van der Waals surface area contributed by atoms with Crippen molar-refractivity contribution in [1.82, 2.24) is 14.9 Å². The summed E-state index contributed by atoms with van der Waals surface area (Å²) in [5, 5.41) is 0. The van der Waals surface area contributed by atoms with E-state index in [0.717, 1.165) is 12.8 Å². The van der Waals surface area contributed by atoms with Gasteiger partial charge < -0.3 is 14.4 Å². The standard InChI is InChI=1S/C15H21N3O4/c1-11(19)22-15(2,3)14(20)18-8-4-5-12(9-18)21-13-6-7-16-10-17-13/h6-7,10,12H,4-5,8-9H2,1-3H3. The molecule has 2 rings (SSSR count). The smallest absolute Gasteiger partial charge is 0.303 e. The van der Waals surface area contributed by atoms with Crippen molar-refractivity contribution in [2.24, 2.45) is 0 Å².